The first-order valence-corrected chi connectivity index (χ1v) is 7.86. The maximum Gasteiger partial charge on any atom is 0.475 e. The Labute approximate surface area is 97.7 Å². The van der Waals surface area contributed by atoms with Gasteiger partial charge in [0, 0.05) is 0 Å². The molecule has 1 rings (SSSR count). The van der Waals surface area contributed by atoms with Gasteiger partial charge in [0.25, 0.3) is 0 Å². The maximum absolute atomic E-state index is 12.2. The van der Waals surface area contributed by atoms with Crippen LogP contribution in [0.3, 0.4) is 0 Å². The van der Waals surface area contributed by atoms with Crippen LogP contribution in [0.5, 0.6) is 0 Å². The van der Waals surface area contributed by atoms with Crippen LogP contribution in [0.15, 0.2) is 0 Å². The molecule has 1 saturated heterocycles. The molecule has 4 nitrogen and oxygen atoms in total. The van der Waals surface area contributed by atoms with Crippen molar-refractivity contribution in [2.75, 3.05) is 11.5 Å². The molecule has 12 heteroatoms. The van der Waals surface area contributed by atoms with Gasteiger partial charge in [-0.05, 0) is 6.42 Å². The minimum Gasteiger partial charge on any atom is -0.312 e. The van der Waals surface area contributed by atoms with Crippen LogP contribution in [0, 0.1) is 0 Å². The normalized spacial score (nSPS) is 25.3. The fraction of sp³-hybridized carbons (Fsp3) is 1.00. The summed E-state index contributed by atoms with van der Waals surface area (Å²) in [5.41, 5.74) is 0. The molecule has 0 aromatic carbocycles. The van der Waals surface area contributed by atoms with Gasteiger partial charge in [-0.1, -0.05) is 0 Å². The van der Waals surface area contributed by atoms with E-state index in [2.05, 4.69) is 4.52 Å². The molecule has 0 saturated carbocycles. The van der Waals surface area contributed by atoms with E-state index in [1.807, 2.05) is 0 Å². The Kier molecular flexibility index (Phi) is 3.84. The van der Waals surface area contributed by atoms with Gasteiger partial charge in [-0.3, -0.25) is 4.57 Å². The van der Waals surface area contributed by atoms with Crippen LogP contribution in [0.25, 0.3) is 0 Å². The zero-order chi connectivity index (χ0) is 14.4. The van der Waals surface area contributed by atoms with Crippen molar-refractivity contribution in [1.29, 1.82) is 0 Å². The van der Waals surface area contributed by atoms with E-state index in [0.717, 1.165) is 0 Å². The van der Waals surface area contributed by atoms with Crippen LogP contribution in [-0.4, -0.2) is 37.9 Å². The summed E-state index contributed by atoms with van der Waals surface area (Å²) >= 11 is 0. The van der Waals surface area contributed by atoms with Crippen molar-refractivity contribution in [1.82, 2.24) is 0 Å². The van der Waals surface area contributed by atoms with Gasteiger partial charge in [0.15, 0.2) is 9.84 Å². The predicted molar refractivity (Wildman–Crippen MR) is 47.9 cm³/mol. The van der Waals surface area contributed by atoms with Crippen molar-refractivity contribution in [2.45, 2.75) is 24.4 Å². The van der Waals surface area contributed by atoms with E-state index in [1.165, 1.54) is 0 Å². The van der Waals surface area contributed by atoms with E-state index in [-0.39, 0.29) is 0 Å². The molecule has 18 heavy (non-hydrogen) atoms. The van der Waals surface area contributed by atoms with E-state index in [0.29, 0.717) is 0 Å². The third-order valence-corrected chi connectivity index (χ3v) is 5.82. The summed E-state index contributed by atoms with van der Waals surface area (Å²) in [5, 5.41) is 0. The molecule has 1 aliphatic rings. The van der Waals surface area contributed by atoms with E-state index >= 15 is 0 Å². The quantitative estimate of drug-likeness (QED) is 0.579. The second kappa shape index (κ2) is 4.38. The van der Waals surface area contributed by atoms with Gasteiger partial charge >= 0.3 is 19.2 Å². The van der Waals surface area contributed by atoms with Crippen LogP contribution < -0.4 is 0 Å². The van der Waals surface area contributed by atoms with Crippen LogP contribution in [0.2, 0.25) is 0 Å². The number of hydrogen-bond donors (Lipinski definition) is 0. The first-order chi connectivity index (χ1) is 7.79. The predicted octanol–water partition coefficient (Wildman–Crippen LogP) is 2.51. The first kappa shape index (κ1) is 15.8. The smallest absolute Gasteiger partial charge is 0.312 e. The second-order valence-electron chi connectivity index (χ2n) is 3.62. The molecule has 0 spiro atoms. The van der Waals surface area contributed by atoms with Gasteiger partial charge < -0.3 is 4.52 Å². The third kappa shape index (κ3) is 3.00. The monoisotopic (exact) mass is 320 g/mol. The summed E-state index contributed by atoms with van der Waals surface area (Å²) in [7, 11) is -10.7. The first-order valence-electron chi connectivity index (χ1n) is 4.41. The lowest BCUT2D eigenvalue weighted by molar-refractivity contribution is -0.115. The minimum absolute atomic E-state index is 0.543. The lowest BCUT2D eigenvalue weighted by Gasteiger charge is -2.25. The molecule has 0 bridgehead atoms. The molecule has 0 aromatic rings. The Morgan fingerprint density at radius 3 is 1.78 bits per heavy atom. The van der Waals surface area contributed by atoms with Crippen LogP contribution in [0.4, 0.5) is 26.3 Å². The highest BCUT2D eigenvalue weighted by molar-refractivity contribution is 7.91. The topological polar surface area (TPSA) is 60.4 Å². The molecule has 1 heterocycles. The van der Waals surface area contributed by atoms with E-state index in [9.17, 15) is 39.3 Å². The maximum atomic E-state index is 12.2. The van der Waals surface area contributed by atoms with Gasteiger partial charge in [0.05, 0.1) is 17.6 Å². The highest BCUT2D eigenvalue weighted by atomic mass is 32.2. The van der Waals surface area contributed by atoms with Crippen molar-refractivity contribution in [3.63, 3.8) is 0 Å². The van der Waals surface area contributed by atoms with Gasteiger partial charge in [0.1, 0.15) is 0 Å². The average molecular weight is 320 g/mol. The summed E-state index contributed by atoms with van der Waals surface area (Å²) in [6, 6.07) is 0. The summed E-state index contributed by atoms with van der Waals surface area (Å²) < 4.78 is 109. The van der Waals surface area contributed by atoms with Gasteiger partial charge in [-0.25, -0.2) is 8.42 Å². The minimum atomic E-state index is -6.96. The summed E-state index contributed by atoms with van der Waals surface area (Å²) in [5.74, 6) is -13.8. The Morgan fingerprint density at radius 1 is 1.06 bits per heavy atom. The molecule has 0 amide bonds. The Morgan fingerprint density at radius 2 is 1.50 bits per heavy atom. The van der Waals surface area contributed by atoms with Crippen molar-refractivity contribution < 1.29 is 43.8 Å². The molecular weight excluding hydrogens is 313 g/mol. The molecule has 0 aromatic heterocycles. The molecular formula is C6H7F6O4PS. The van der Waals surface area contributed by atoms with Gasteiger partial charge in [0.2, 0.25) is 0 Å². The molecule has 0 N–H and O–H groups in total. The van der Waals surface area contributed by atoms with Gasteiger partial charge in [-0.15, -0.1) is 0 Å². The van der Waals surface area contributed by atoms with Crippen LogP contribution in [0.1, 0.15) is 6.42 Å². The Bertz CT molecular complexity index is 447. The summed E-state index contributed by atoms with van der Waals surface area (Å²) in [6.07, 6.45) is -2.40. The van der Waals surface area contributed by atoms with Gasteiger partial charge in [-0.2, -0.15) is 26.3 Å². The standard InChI is InChI=1S/C6H7F6O4PS/c7-5(8,9)17(13,6(10,11)12)16-4-1-2-18(14,15)3-4/h4H,1-3H2. The molecule has 1 unspecified atom stereocenters. The fourth-order valence-electron chi connectivity index (χ4n) is 1.32. The largest absolute Gasteiger partial charge is 0.475 e. The Hall–Kier alpha value is -0.280. The molecule has 0 aliphatic carbocycles. The van der Waals surface area contributed by atoms with Crippen molar-refractivity contribution in [3.8, 4) is 0 Å². The third-order valence-electron chi connectivity index (χ3n) is 2.16. The van der Waals surface area contributed by atoms with Crippen molar-refractivity contribution >= 4 is 17.2 Å². The number of sulfone groups is 1. The molecule has 108 valence electrons. The highest BCUT2D eigenvalue weighted by Crippen LogP contribution is 2.72. The molecule has 1 atom stereocenters. The lowest BCUT2D eigenvalue weighted by atomic mass is 10.3. The lowest BCUT2D eigenvalue weighted by Crippen LogP contribution is -2.28. The van der Waals surface area contributed by atoms with Crippen LogP contribution in [-0.2, 0) is 18.9 Å². The number of alkyl halides is 6. The fourth-order valence-corrected chi connectivity index (χ4v) is 4.13. The molecule has 1 fully saturated rings. The number of rotatable bonds is 2. The summed E-state index contributed by atoms with van der Waals surface area (Å²) in [4.78, 5) is 0. The zero-order valence-corrected chi connectivity index (χ0v) is 10.2. The van der Waals surface area contributed by atoms with E-state index in [1.54, 1.807) is 0 Å². The van der Waals surface area contributed by atoms with Crippen LogP contribution >= 0.6 is 7.37 Å². The van der Waals surface area contributed by atoms with E-state index in [4.69, 9.17) is 0 Å². The molecule has 0 radical (unpaired) electrons. The highest BCUT2D eigenvalue weighted by Gasteiger charge is 2.71. The number of hydrogen-bond acceptors (Lipinski definition) is 4. The Balaban J connectivity index is 3.00. The zero-order valence-electron chi connectivity index (χ0n) is 8.45. The summed E-state index contributed by atoms with van der Waals surface area (Å²) in [6.45, 7) is 0. The number of halogens is 6. The second-order valence-corrected chi connectivity index (χ2v) is 8.17. The SMILES string of the molecule is O=P(OC1CCS(=O)(=O)C1)(C(F)(F)F)C(F)(F)F. The molecule has 1 aliphatic heterocycles. The average Bonchev–Trinajstić information content (AvgIpc) is 2.41. The van der Waals surface area contributed by atoms with Crippen molar-refractivity contribution in [2.24, 2.45) is 0 Å². The van der Waals surface area contributed by atoms with E-state index < -0.39 is 53.1 Å². The van der Waals surface area contributed by atoms with Crippen molar-refractivity contribution in [3.05, 3.63) is 0 Å².